The summed E-state index contributed by atoms with van der Waals surface area (Å²) in [7, 11) is -3.55. The third kappa shape index (κ3) is 3.94. The molecule has 1 amide bonds. The van der Waals surface area contributed by atoms with E-state index in [1.807, 2.05) is 0 Å². The van der Waals surface area contributed by atoms with Crippen LogP contribution in [-0.4, -0.2) is 20.1 Å². The van der Waals surface area contributed by atoms with Gasteiger partial charge >= 0.3 is 0 Å². The quantitative estimate of drug-likeness (QED) is 0.763. The first-order chi connectivity index (χ1) is 12.4. The zero-order valence-corrected chi connectivity index (χ0v) is 15.6. The Balaban J connectivity index is 1.57. The van der Waals surface area contributed by atoms with Crippen molar-refractivity contribution in [2.75, 3.05) is 11.1 Å². The second kappa shape index (κ2) is 7.56. The first-order valence-corrected chi connectivity index (χ1v) is 10.7. The van der Waals surface area contributed by atoms with Crippen molar-refractivity contribution in [3.63, 3.8) is 0 Å². The fraction of sp³-hybridized carbons (Fsp3) is 0.333. The zero-order valence-electron chi connectivity index (χ0n) is 13.9. The summed E-state index contributed by atoms with van der Waals surface area (Å²) in [6, 6.07) is 6.79. The van der Waals surface area contributed by atoms with Crippen LogP contribution in [-0.2, 0) is 27.5 Å². The highest BCUT2D eigenvalue weighted by molar-refractivity contribution is 7.91. The van der Waals surface area contributed by atoms with Crippen LogP contribution >= 0.6 is 11.3 Å². The Hall–Kier alpha value is -2.24. The number of nitriles is 1. The minimum Gasteiger partial charge on any atom is -0.317 e. The monoisotopic (exact) mass is 392 g/mol. The molecule has 0 bridgehead atoms. The molecule has 1 N–H and O–H groups in total. The lowest BCUT2D eigenvalue weighted by atomic mass is 10.1. The van der Waals surface area contributed by atoms with E-state index in [4.69, 9.17) is 0 Å². The maximum absolute atomic E-state index is 12.9. The molecule has 1 heterocycles. The maximum Gasteiger partial charge on any atom is 0.225 e. The van der Waals surface area contributed by atoms with E-state index in [0.29, 0.717) is 10.6 Å². The number of carbonyl (C=O) groups is 1. The van der Waals surface area contributed by atoms with E-state index < -0.39 is 15.7 Å². The van der Waals surface area contributed by atoms with Crippen LogP contribution in [0.5, 0.6) is 0 Å². The summed E-state index contributed by atoms with van der Waals surface area (Å²) in [6.07, 6.45) is 3.01. The van der Waals surface area contributed by atoms with E-state index in [-0.39, 0.29) is 29.4 Å². The summed E-state index contributed by atoms with van der Waals surface area (Å²) in [5, 5.41) is 12.6. The lowest BCUT2D eigenvalue weighted by Crippen LogP contribution is -2.14. The van der Waals surface area contributed by atoms with Gasteiger partial charge in [-0.2, -0.15) is 5.26 Å². The second-order valence-corrected chi connectivity index (χ2v) is 9.31. The molecule has 2 aromatic rings. The average molecular weight is 392 g/mol. The van der Waals surface area contributed by atoms with Gasteiger partial charge in [0.25, 0.3) is 0 Å². The molecule has 0 saturated carbocycles. The van der Waals surface area contributed by atoms with Gasteiger partial charge in [0, 0.05) is 11.3 Å². The predicted octanol–water partition coefficient (Wildman–Crippen LogP) is 3.44. The Morgan fingerprint density at radius 3 is 2.69 bits per heavy atom. The Kier molecular flexibility index (Phi) is 5.39. The number of aryl methyl sites for hydroxylation is 1. The van der Waals surface area contributed by atoms with Gasteiger partial charge in [0.2, 0.25) is 5.91 Å². The third-order valence-electron chi connectivity index (χ3n) is 4.28. The minimum absolute atomic E-state index is 0.0356. The molecule has 8 heteroatoms. The number of halogens is 1. The van der Waals surface area contributed by atoms with Gasteiger partial charge in [-0.3, -0.25) is 4.79 Å². The number of carbonyl (C=O) groups excluding carboxylic acids is 1. The zero-order chi connectivity index (χ0) is 18.7. The Labute approximate surface area is 155 Å². The summed E-state index contributed by atoms with van der Waals surface area (Å²) in [6.45, 7) is 0. The van der Waals surface area contributed by atoms with Crippen molar-refractivity contribution in [1.29, 1.82) is 5.26 Å². The lowest BCUT2D eigenvalue weighted by molar-refractivity contribution is -0.116. The highest BCUT2D eigenvalue weighted by atomic mass is 32.2. The van der Waals surface area contributed by atoms with Gasteiger partial charge in [-0.1, -0.05) is 0 Å². The number of nitrogens with zero attached hydrogens (tertiary/aromatic N) is 1. The number of amides is 1. The van der Waals surface area contributed by atoms with Crippen LogP contribution in [0.4, 0.5) is 9.39 Å². The van der Waals surface area contributed by atoms with Crippen molar-refractivity contribution in [3.8, 4) is 6.07 Å². The number of sulfone groups is 1. The van der Waals surface area contributed by atoms with Crippen LogP contribution in [0.3, 0.4) is 0 Å². The Morgan fingerprint density at radius 1 is 1.27 bits per heavy atom. The van der Waals surface area contributed by atoms with Crippen LogP contribution in [0.15, 0.2) is 29.2 Å². The molecular weight excluding hydrogens is 375 g/mol. The number of fused-ring (bicyclic) bond motifs is 1. The summed E-state index contributed by atoms with van der Waals surface area (Å²) in [5.41, 5.74) is 1.57. The van der Waals surface area contributed by atoms with E-state index in [1.165, 1.54) is 23.5 Å². The number of anilines is 1. The van der Waals surface area contributed by atoms with E-state index in [9.17, 15) is 22.9 Å². The predicted molar refractivity (Wildman–Crippen MR) is 97.4 cm³/mol. The van der Waals surface area contributed by atoms with Crippen molar-refractivity contribution < 1.29 is 17.6 Å². The highest BCUT2D eigenvalue weighted by Gasteiger charge is 2.23. The Bertz CT molecular complexity index is 973. The summed E-state index contributed by atoms with van der Waals surface area (Å²) in [4.78, 5) is 13.3. The minimum atomic E-state index is -3.55. The lowest BCUT2D eigenvalue weighted by Gasteiger charge is -2.06. The topological polar surface area (TPSA) is 87.0 Å². The van der Waals surface area contributed by atoms with Crippen molar-refractivity contribution >= 4 is 32.1 Å². The molecule has 5 nitrogen and oxygen atoms in total. The van der Waals surface area contributed by atoms with Gasteiger partial charge in [0.15, 0.2) is 9.84 Å². The van der Waals surface area contributed by atoms with Crippen LogP contribution in [0.25, 0.3) is 0 Å². The van der Waals surface area contributed by atoms with Crippen molar-refractivity contribution in [2.45, 2.75) is 37.0 Å². The molecular formula is C18H17FN2O3S2. The van der Waals surface area contributed by atoms with Crippen LogP contribution < -0.4 is 5.32 Å². The molecule has 0 aliphatic heterocycles. The fourth-order valence-corrected chi connectivity index (χ4v) is 5.55. The van der Waals surface area contributed by atoms with Crippen molar-refractivity contribution in [2.24, 2.45) is 0 Å². The summed E-state index contributed by atoms with van der Waals surface area (Å²) in [5.74, 6) is -1.01. The molecule has 0 saturated heterocycles. The van der Waals surface area contributed by atoms with E-state index in [2.05, 4.69) is 11.4 Å². The van der Waals surface area contributed by atoms with Crippen LogP contribution in [0, 0.1) is 17.1 Å². The molecule has 3 rings (SSSR count). The van der Waals surface area contributed by atoms with E-state index in [0.717, 1.165) is 41.8 Å². The number of nitrogens with one attached hydrogen (secondary N) is 1. The first kappa shape index (κ1) is 18.5. The highest BCUT2D eigenvalue weighted by Crippen LogP contribution is 2.38. The van der Waals surface area contributed by atoms with E-state index in [1.54, 1.807) is 0 Å². The van der Waals surface area contributed by atoms with Crippen LogP contribution in [0.2, 0.25) is 0 Å². The number of hydrogen-bond acceptors (Lipinski definition) is 5. The van der Waals surface area contributed by atoms with Gasteiger partial charge in [0.05, 0.1) is 16.2 Å². The smallest absolute Gasteiger partial charge is 0.225 e. The molecule has 1 aliphatic rings. The molecule has 136 valence electrons. The molecule has 0 atom stereocenters. The standard InChI is InChI=1S/C18H17FN2O3S2/c19-12-6-8-13(9-7-12)26(23,24)10-2-5-17(22)21-18-15(11-20)14-3-1-4-16(14)25-18/h6-9H,1-5,10H2,(H,21,22). The number of thiophene rings is 1. The van der Waals surface area contributed by atoms with Crippen molar-refractivity contribution in [1.82, 2.24) is 0 Å². The molecule has 1 aliphatic carbocycles. The van der Waals surface area contributed by atoms with Gasteiger partial charge in [-0.15, -0.1) is 11.3 Å². The molecule has 0 spiro atoms. The van der Waals surface area contributed by atoms with Gasteiger partial charge in [0.1, 0.15) is 16.9 Å². The summed E-state index contributed by atoms with van der Waals surface area (Å²) >= 11 is 1.43. The van der Waals surface area contributed by atoms with E-state index >= 15 is 0 Å². The molecule has 0 unspecified atom stereocenters. The third-order valence-corrected chi connectivity index (χ3v) is 7.30. The molecule has 1 aromatic carbocycles. The first-order valence-electron chi connectivity index (χ1n) is 8.23. The fourth-order valence-electron chi connectivity index (χ4n) is 2.98. The molecule has 26 heavy (non-hydrogen) atoms. The largest absolute Gasteiger partial charge is 0.317 e. The SMILES string of the molecule is N#Cc1c(NC(=O)CCCS(=O)(=O)c2ccc(F)cc2)sc2c1CCC2. The number of benzene rings is 1. The maximum atomic E-state index is 12.9. The second-order valence-electron chi connectivity index (χ2n) is 6.10. The molecule has 1 aromatic heterocycles. The van der Waals surface area contributed by atoms with Gasteiger partial charge < -0.3 is 5.32 Å². The van der Waals surface area contributed by atoms with Crippen LogP contribution in [0.1, 0.15) is 35.3 Å². The normalized spacial score (nSPS) is 13.2. The summed E-state index contributed by atoms with van der Waals surface area (Å²) < 4.78 is 37.3. The number of rotatable bonds is 6. The molecule has 0 radical (unpaired) electrons. The Morgan fingerprint density at radius 2 is 2.00 bits per heavy atom. The van der Waals surface area contributed by atoms with Crippen molar-refractivity contribution in [3.05, 3.63) is 46.1 Å². The molecule has 0 fully saturated rings. The average Bonchev–Trinajstić information content (AvgIpc) is 3.15. The number of hydrogen-bond donors (Lipinski definition) is 1. The van der Waals surface area contributed by atoms with Gasteiger partial charge in [-0.05, 0) is 55.5 Å². The van der Waals surface area contributed by atoms with Gasteiger partial charge in [-0.25, -0.2) is 12.8 Å².